The number of carbonyl (C=O) groups excluding carboxylic acids is 2. The van der Waals surface area contributed by atoms with Crippen molar-refractivity contribution in [1.29, 1.82) is 0 Å². The molecule has 1 atom stereocenters. The first-order chi connectivity index (χ1) is 18.5. The van der Waals surface area contributed by atoms with Gasteiger partial charge in [0.25, 0.3) is 0 Å². The molecule has 0 spiro atoms. The molecule has 0 heterocycles. The highest BCUT2D eigenvalue weighted by Crippen LogP contribution is 2.22. The molecule has 1 saturated carbocycles. The van der Waals surface area contributed by atoms with Crippen LogP contribution in [-0.2, 0) is 28.3 Å². The second-order valence-corrected chi connectivity index (χ2v) is 11.5. The minimum atomic E-state index is -0.585. The molecule has 1 N–H and O–H groups in total. The molecule has 2 amide bonds. The van der Waals surface area contributed by atoms with E-state index in [1.807, 2.05) is 72.8 Å². The van der Waals surface area contributed by atoms with Crippen LogP contribution in [0.3, 0.4) is 0 Å². The zero-order chi connectivity index (χ0) is 26.7. The van der Waals surface area contributed by atoms with Crippen molar-refractivity contribution in [2.24, 2.45) is 0 Å². The first kappa shape index (κ1) is 28.3. The van der Waals surface area contributed by atoms with Crippen LogP contribution in [-0.4, -0.2) is 34.6 Å². The van der Waals surface area contributed by atoms with E-state index in [0.717, 1.165) is 47.9 Å². The topological polar surface area (TPSA) is 49.4 Å². The fraction of sp³-hybridized carbons (Fsp3) is 0.375. The number of halogens is 1. The second kappa shape index (κ2) is 14.4. The summed E-state index contributed by atoms with van der Waals surface area (Å²) in [6, 6.07) is 25.4. The molecule has 3 aromatic rings. The summed E-state index contributed by atoms with van der Waals surface area (Å²) in [6.45, 7) is 2.46. The first-order valence-electron chi connectivity index (χ1n) is 13.5. The number of aryl methyl sites for hydroxylation is 1. The predicted octanol–water partition coefficient (Wildman–Crippen LogP) is 6.97. The van der Waals surface area contributed by atoms with Gasteiger partial charge in [-0.1, -0.05) is 97.6 Å². The van der Waals surface area contributed by atoms with Crippen LogP contribution in [0.2, 0.25) is 5.02 Å². The van der Waals surface area contributed by atoms with E-state index in [2.05, 4.69) is 18.3 Å². The Labute approximate surface area is 236 Å². The van der Waals surface area contributed by atoms with Gasteiger partial charge in [0.15, 0.2) is 0 Å². The maximum absolute atomic E-state index is 13.8. The minimum absolute atomic E-state index is 0.0278. The molecule has 1 aliphatic carbocycles. The number of thioether (sulfide) groups is 1. The molecule has 0 bridgehead atoms. The molecule has 0 aromatic heterocycles. The maximum Gasteiger partial charge on any atom is 0.243 e. The summed E-state index contributed by atoms with van der Waals surface area (Å²) in [5.74, 6) is 0.894. The van der Waals surface area contributed by atoms with Gasteiger partial charge in [-0.25, -0.2) is 0 Å². The fourth-order valence-electron chi connectivity index (χ4n) is 5.04. The van der Waals surface area contributed by atoms with Crippen molar-refractivity contribution in [2.75, 3.05) is 5.75 Å². The van der Waals surface area contributed by atoms with E-state index in [0.29, 0.717) is 29.5 Å². The highest BCUT2D eigenvalue weighted by Gasteiger charge is 2.32. The van der Waals surface area contributed by atoms with Crippen molar-refractivity contribution in [2.45, 2.75) is 69.8 Å². The van der Waals surface area contributed by atoms with Crippen molar-refractivity contribution in [3.8, 4) is 0 Å². The number of nitrogens with zero attached hydrogens (tertiary/aromatic N) is 1. The normalized spacial score (nSPS) is 14.6. The molecular weight excluding hydrogens is 512 g/mol. The lowest BCUT2D eigenvalue weighted by Crippen LogP contribution is -2.53. The molecule has 200 valence electrons. The van der Waals surface area contributed by atoms with Crippen LogP contribution < -0.4 is 5.32 Å². The molecule has 0 unspecified atom stereocenters. The molecule has 1 aliphatic rings. The van der Waals surface area contributed by atoms with E-state index >= 15 is 0 Å². The van der Waals surface area contributed by atoms with Gasteiger partial charge in [-0.05, 0) is 54.2 Å². The monoisotopic (exact) mass is 548 g/mol. The smallest absolute Gasteiger partial charge is 0.243 e. The Morgan fingerprint density at radius 2 is 1.66 bits per heavy atom. The lowest BCUT2D eigenvalue weighted by molar-refractivity contribution is -0.139. The molecule has 4 rings (SSSR count). The van der Waals surface area contributed by atoms with Gasteiger partial charge in [-0.15, -0.1) is 11.8 Å². The highest BCUT2D eigenvalue weighted by molar-refractivity contribution is 7.99. The number of nitrogens with one attached hydrogen (secondary N) is 1. The Balaban J connectivity index is 1.57. The van der Waals surface area contributed by atoms with Gasteiger partial charge < -0.3 is 10.2 Å². The SMILES string of the molecule is Cc1ccccc1CN(C(=O)CSCc1cccc(Cl)c1)[C@@H](Cc1ccccc1)C(=O)NC1CCCCC1. The Hall–Kier alpha value is -2.76. The molecule has 4 nitrogen and oxygen atoms in total. The quantitative estimate of drug-likeness (QED) is 0.281. The average Bonchev–Trinajstić information content (AvgIpc) is 2.92. The van der Waals surface area contributed by atoms with Crippen LogP contribution >= 0.6 is 23.4 Å². The van der Waals surface area contributed by atoms with E-state index in [1.54, 1.807) is 16.7 Å². The lowest BCUT2D eigenvalue weighted by atomic mass is 9.94. The zero-order valence-corrected chi connectivity index (χ0v) is 23.6. The standard InChI is InChI=1S/C32H37ClN2O2S/c1-24-11-8-9-15-27(24)21-35(31(36)23-38-22-26-14-10-16-28(33)19-26)30(20-25-12-4-2-5-13-25)32(37)34-29-17-6-3-7-18-29/h2,4-5,8-16,19,29-30H,3,6-7,17-18,20-23H2,1H3,(H,34,37)/t30-/m0/s1. The third-order valence-corrected chi connectivity index (χ3v) is 8.43. The van der Waals surface area contributed by atoms with Gasteiger partial charge in [-0.2, -0.15) is 0 Å². The lowest BCUT2D eigenvalue weighted by Gasteiger charge is -2.34. The predicted molar refractivity (Wildman–Crippen MR) is 158 cm³/mol. The summed E-state index contributed by atoms with van der Waals surface area (Å²) in [4.78, 5) is 29.5. The van der Waals surface area contributed by atoms with E-state index in [-0.39, 0.29) is 17.9 Å². The molecule has 0 radical (unpaired) electrons. The second-order valence-electron chi connectivity index (χ2n) is 10.1. The summed E-state index contributed by atoms with van der Waals surface area (Å²) in [5, 5.41) is 4.00. The molecule has 1 fully saturated rings. The van der Waals surface area contributed by atoms with Crippen molar-refractivity contribution in [1.82, 2.24) is 10.2 Å². The number of carbonyl (C=O) groups is 2. The Morgan fingerprint density at radius 1 is 0.947 bits per heavy atom. The summed E-state index contributed by atoms with van der Waals surface area (Å²) >= 11 is 7.70. The van der Waals surface area contributed by atoms with Gasteiger partial charge in [0.1, 0.15) is 6.04 Å². The largest absolute Gasteiger partial charge is 0.352 e. The maximum atomic E-state index is 13.8. The van der Waals surface area contributed by atoms with E-state index in [1.165, 1.54) is 6.42 Å². The van der Waals surface area contributed by atoms with Crippen LogP contribution in [0.5, 0.6) is 0 Å². The Kier molecular flexibility index (Phi) is 10.7. The molecule has 6 heteroatoms. The molecular formula is C32H37ClN2O2S. The summed E-state index contributed by atoms with van der Waals surface area (Å²) in [7, 11) is 0. The number of hydrogen-bond donors (Lipinski definition) is 1. The van der Waals surface area contributed by atoms with Crippen LogP contribution in [0.1, 0.15) is 54.4 Å². The number of benzene rings is 3. The number of rotatable bonds is 11. The van der Waals surface area contributed by atoms with Crippen LogP contribution in [0.4, 0.5) is 0 Å². The summed E-state index contributed by atoms with van der Waals surface area (Å²) in [5.41, 5.74) is 4.30. The van der Waals surface area contributed by atoms with Crippen molar-refractivity contribution < 1.29 is 9.59 Å². The van der Waals surface area contributed by atoms with E-state index in [9.17, 15) is 9.59 Å². The fourth-order valence-corrected chi connectivity index (χ4v) is 6.11. The van der Waals surface area contributed by atoms with E-state index in [4.69, 9.17) is 11.6 Å². The highest BCUT2D eigenvalue weighted by atomic mass is 35.5. The molecule has 3 aromatic carbocycles. The zero-order valence-electron chi connectivity index (χ0n) is 22.1. The minimum Gasteiger partial charge on any atom is -0.352 e. The summed E-state index contributed by atoms with van der Waals surface area (Å²) in [6.07, 6.45) is 5.99. The Morgan fingerprint density at radius 3 is 2.39 bits per heavy atom. The van der Waals surface area contributed by atoms with Crippen LogP contribution in [0, 0.1) is 6.92 Å². The van der Waals surface area contributed by atoms with Crippen molar-refractivity contribution in [3.05, 3.63) is 106 Å². The molecule has 0 aliphatic heterocycles. The molecule has 0 saturated heterocycles. The Bertz CT molecular complexity index is 1200. The number of amides is 2. The van der Waals surface area contributed by atoms with Crippen LogP contribution in [0.15, 0.2) is 78.9 Å². The van der Waals surface area contributed by atoms with Gasteiger partial charge >= 0.3 is 0 Å². The van der Waals surface area contributed by atoms with Gasteiger partial charge in [0.05, 0.1) is 5.75 Å². The number of hydrogen-bond acceptors (Lipinski definition) is 3. The van der Waals surface area contributed by atoms with Gasteiger partial charge in [0.2, 0.25) is 11.8 Å². The van der Waals surface area contributed by atoms with Crippen molar-refractivity contribution in [3.63, 3.8) is 0 Å². The van der Waals surface area contributed by atoms with Gasteiger partial charge in [-0.3, -0.25) is 9.59 Å². The van der Waals surface area contributed by atoms with E-state index < -0.39 is 6.04 Å². The third-order valence-electron chi connectivity index (χ3n) is 7.21. The molecule has 38 heavy (non-hydrogen) atoms. The van der Waals surface area contributed by atoms with Gasteiger partial charge in [0, 0.05) is 29.8 Å². The van der Waals surface area contributed by atoms with Crippen LogP contribution in [0.25, 0.3) is 0 Å². The first-order valence-corrected chi connectivity index (χ1v) is 15.0. The summed E-state index contributed by atoms with van der Waals surface area (Å²) < 4.78 is 0. The van der Waals surface area contributed by atoms with Crippen molar-refractivity contribution >= 4 is 35.2 Å². The third kappa shape index (κ3) is 8.37. The average molecular weight is 549 g/mol.